The molecule has 2 aliphatic rings. The van der Waals surface area contributed by atoms with Gasteiger partial charge >= 0.3 is 6.03 Å². The van der Waals surface area contributed by atoms with Gasteiger partial charge < -0.3 is 24.1 Å². The highest BCUT2D eigenvalue weighted by Crippen LogP contribution is 2.35. The molecule has 1 fully saturated rings. The third kappa shape index (κ3) is 3.44. The highest BCUT2D eigenvalue weighted by molar-refractivity contribution is 6.09. The fourth-order valence-electron chi connectivity index (χ4n) is 4.57. The summed E-state index contributed by atoms with van der Waals surface area (Å²) in [5.74, 6) is 0.734. The molecule has 176 valence electrons. The Morgan fingerprint density at radius 1 is 1.09 bits per heavy atom. The second-order valence-electron chi connectivity index (χ2n) is 8.64. The predicted molar refractivity (Wildman–Crippen MR) is 122 cm³/mol. The van der Waals surface area contributed by atoms with Crippen LogP contribution in [-0.4, -0.2) is 55.0 Å². The molecule has 1 atom stereocenters. The summed E-state index contributed by atoms with van der Waals surface area (Å²) in [6.45, 7) is 2.08. The first-order chi connectivity index (χ1) is 16.3. The summed E-state index contributed by atoms with van der Waals surface area (Å²) >= 11 is 0. The van der Waals surface area contributed by atoms with Crippen LogP contribution in [0.1, 0.15) is 23.8 Å². The van der Waals surface area contributed by atoms with Crippen LogP contribution in [0.5, 0.6) is 11.5 Å². The Morgan fingerprint density at radius 2 is 1.79 bits per heavy atom. The van der Waals surface area contributed by atoms with E-state index in [1.807, 2.05) is 30.3 Å². The van der Waals surface area contributed by atoms with E-state index in [0.29, 0.717) is 42.4 Å². The maximum Gasteiger partial charge on any atom is 0.325 e. The Kier molecular flexibility index (Phi) is 5.19. The van der Waals surface area contributed by atoms with E-state index >= 15 is 0 Å². The number of nitrogens with one attached hydrogen (secondary N) is 1. The van der Waals surface area contributed by atoms with Crippen molar-refractivity contribution < 1.29 is 28.3 Å². The minimum atomic E-state index is -1.38. The molecule has 0 unspecified atom stereocenters. The lowest BCUT2D eigenvalue weighted by atomic mass is 9.98. The lowest BCUT2D eigenvalue weighted by Gasteiger charge is -2.30. The molecule has 4 amide bonds. The quantitative estimate of drug-likeness (QED) is 0.584. The second kappa shape index (κ2) is 8.09. The van der Waals surface area contributed by atoms with Gasteiger partial charge in [-0.15, -0.1) is 0 Å². The third-order valence-corrected chi connectivity index (χ3v) is 6.56. The predicted octanol–water partition coefficient (Wildman–Crippen LogP) is 2.80. The van der Waals surface area contributed by atoms with E-state index in [0.717, 1.165) is 21.4 Å². The molecule has 9 nitrogen and oxygen atoms in total. The van der Waals surface area contributed by atoms with Gasteiger partial charge in [-0.2, -0.15) is 0 Å². The maximum absolute atomic E-state index is 13.3. The van der Waals surface area contributed by atoms with Crippen molar-refractivity contribution >= 4 is 28.8 Å². The van der Waals surface area contributed by atoms with Gasteiger partial charge in [0, 0.05) is 18.5 Å². The normalized spacial score (nSPS) is 19.9. The zero-order valence-corrected chi connectivity index (χ0v) is 19.2. The molecule has 0 aliphatic carbocycles. The fraction of sp³-hybridized carbons (Fsp3) is 0.320. The molecule has 2 aromatic carbocycles. The van der Waals surface area contributed by atoms with E-state index in [-0.39, 0.29) is 12.5 Å². The summed E-state index contributed by atoms with van der Waals surface area (Å²) in [6, 6.07) is 12.3. The first-order valence-electron chi connectivity index (χ1n) is 11.0. The van der Waals surface area contributed by atoms with Gasteiger partial charge in [0.15, 0.2) is 17.0 Å². The number of hydrogen-bond donors (Lipinski definition) is 1. The smallest absolute Gasteiger partial charge is 0.325 e. The first-order valence-corrected chi connectivity index (χ1v) is 11.0. The minimum Gasteiger partial charge on any atom is -0.493 e. The number of imide groups is 1. The molecule has 0 spiro atoms. The van der Waals surface area contributed by atoms with Crippen molar-refractivity contribution in [2.24, 2.45) is 0 Å². The van der Waals surface area contributed by atoms with E-state index < -0.39 is 17.5 Å². The lowest BCUT2D eigenvalue weighted by Crippen LogP contribution is -2.45. The van der Waals surface area contributed by atoms with Crippen LogP contribution in [0.15, 0.2) is 46.9 Å². The number of amides is 4. The summed E-state index contributed by atoms with van der Waals surface area (Å²) in [4.78, 5) is 41.7. The summed E-state index contributed by atoms with van der Waals surface area (Å²) in [5, 5.41) is 3.53. The zero-order chi connectivity index (χ0) is 24.0. The number of hydrogen-bond acceptors (Lipinski definition) is 6. The number of ether oxygens (including phenoxy) is 2. The van der Waals surface area contributed by atoms with Crippen LogP contribution in [0.3, 0.4) is 0 Å². The molecule has 34 heavy (non-hydrogen) atoms. The molecule has 1 saturated heterocycles. The fourth-order valence-corrected chi connectivity index (χ4v) is 4.57. The highest BCUT2D eigenvalue weighted by atomic mass is 16.5. The van der Waals surface area contributed by atoms with Crippen molar-refractivity contribution in [1.29, 1.82) is 0 Å². The van der Waals surface area contributed by atoms with Gasteiger partial charge in [-0.3, -0.25) is 14.5 Å². The summed E-state index contributed by atoms with van der Waals surface area (Å²) in [7, 11) is 3.15. The second-order valence-corrected chi connectivity index (χ2v) is 8.64. The lowest BCUT2D eigenvalue weighted by molar-refractivity contribution is -0.139. The van der Waals surface area contributed by atoms with Gasteiger partial charge in [-0.05, 0) is 48.7 Å². The molecular weight excluding hydrogens is 438 g/mol. The van der Waals surface area contributed by atoms with Gasteiger partial charge in [-0.1, -0.05) is 18.2 Å². The van der Waals surface area contributed by atoms with Crippen LogP contribution in [0, 0.1) is 0 Å². The van der Waals surface area contributed by atoms with E-state index in [9.17, 15) is 14.4 Å². The Morgan fingerprint density at radius 3 is 2.50 bits per heavy atom. The number of carbonyl (C=O) groups is 3. The summed E-state index contributed by atoms with van der Waals surface area (Å²) < 4.78 is 16.6. The molecule has 2 aliphatic heterocycles. The average molecular weight is 463 g/mol. The monoisotopic (exact) mass is 463 g/mol. The van der Waals surface area contributed by atoms with Gasteiger partial charge in [0.2, 0.25) is 5.91 Å². The SMILES string of the molecule is COc1cc2c(cc1OC)CN(C(=O)CN1C(=O)N[C@](C)(c3cc4ccccc4o3)C1=O)CC2. The molecule has 0 radical (unpaired) electrons. The summed E-state index contributed by atoms with van der Waals surface area (Å²) in [6.07, 6.45) is 0.637. The van der Waals surface area contributed by atoms with Crippen LogP contribution in [0.2, 0.25) is 0 Å². The van der Waals surface area contributed by atoms with Crippen molar-refractivity contribution in [3.63, 3.8) is 0 Å². The Labute approximate surface area is 196 Å². The average Bonchev–Trinajstić information content (AvgIpc) is 3.38. The van der Waals surface area contributed by atoms with Crippen LogP contribution < -0.4 is 14.8 Å². The van der Waals surface area contributed by atoms with Crippen LogP contribution in [0.4, 0.5) is 4.79 Å². The largest absolute Gasteiger partial charge is 0.493 e. The molecule has 0 bridgehead atoms. The van der Waals surface area contributed by atoms with E-state index in [2.05, 4.69) is 5.32 Å². The van der Waals surface area contributed by atoms with Crippen molar-refractivity contribution in [1.82, 2.24) is 15.1 Å². The van der Waals surface area contributed by atoms with Crippen molar-refractivity contribution in [2.75, 3.05) is 27.3 Å². The number of furan rings is 1. The molecule has 3 aromatic rings. The highest BCUT2D eigenvalue weighted by Gasteiger charge is 2.52. The van der Waals surface area contributed by atoms with Gasteiger partial charge in [0.25, 0.3) is 5.91 Å². The summed E-state index contributed by atoms with van der Waals surface area (Å²) in [5.41, 5.74) is 1.26. The Bertz CT molecular complexity index is 1280. The maximum atomic E-state index is 13.3. The Balaban J connectivity index is 1.33. The van der Waals surface area contributed by atoms with Gasteiger partial charge in [0.1, 0.15) is 17.9 Å². The van der Waals surface area contributed by atoms with E-state index in [1.165, 1.54) is 0 Å². The van der Waals surface area contributed by atoms with Crippen molar-refractivity contribution in [3.8, 4) is 11.5 Å². The number of benzene rings is 2. The molecule has 1 aromatic heterocycles. The number of para-hydroxylation sites is 1. The van der Waals surface area contributed by atoms with E-state index in [1.54, 1.807) is 38.2 Å². The van der Waals surface area contributed by atoms with Crippen LogP contribution in [0.25, 0.3) is 11.0 Å². The van der Waals surface area contributed by atoms with E-state index in [4.69, 9.17) is 13.9 Å². The number of urea groups is 1. The van der Waals surface area contributed by atoms with Crippen LogP contribution >= 0.6 is 0 Å². The topological polar surface area (TPSA) is 101 Å². The molecule has 1 N–H and O–H groups in total. The zero-order valence-electron chi connectivity index (χ0n) is 19.2. The first kappa shape index (κ1) is 21.8. The molecule has 0 saturated carbocycles. The van der Waals surface area contributed by atoms with Crippen molar-refractivity contribution in [2.45, 2.75) is 25.4 Å². The molecular formula is C25H25N3O6. The number of methoxy groups -OCH3 is 2. The number of nitrogens with zero attached hydrogens (tertiary/aromatic N) is 2. The van der Waals surface area contributed by atoms with Gasteiger partial charge in [0.05, 0.1) is 14.2 Å². The molecule has 9 heteroatoms. The minimum absolute atomic E-state index is 0.308. The Hall–Kier alpha value is -4.01. The number of fused-ring (bicyclic) bond motifs is 2. The number of carbonyl (C=O) groups excluding carboxylic acids is 3. The van der Waals surface area contributed by atoms with Crippen LogP contribution in [-0.2, 0) is 28.1 Å². The number of rotatable bonds is 5. The molecule has 5 rings (SSSR count). The van der Waals surface area contributed by atoms with Gasteiger partial charge in [-0.25, -0.2) is 4.79 Å². The molecule has 3 heterocycles. The standard InChI is InChI=1S/C25H25N3O6/c1-25(21-12-16-6-4-5-7-18(16)34-21)23(30)28(24(31)26-25)14-22(29)27-9-8-15-10-19(32-2)20(33-3)11-17(15)13-27/h4-7,10-12H,8-9,13-14H2,1-3H3,(H,26,31)/t25-/m1/s1. The third-order valence-electron chi connectivity index (χ3n) is 6.56. The van der Waals surface area contributed by atoms with Crippen molar-refractivity contribution in [3.05, 3.63) is 59.4 Å².